The Morgan fingerprint density at radius 3 is 2.57 bits per heavy atom. The second kappa shape index (κ2) is 10.9. The Balaban J connectivity index is 1.26. The van der Waals surface area contributed by atoms with Crippen LogP contribution in [0.4, 0.5) is 9.59 Å². The molecule has 0 radical (unpaired) electrons. The fraction of sp³-hybridized carbons (Fsp3) is 0.529. The molecule has 2 unspecified atom stereocenters. The minimum atomic E-state index is -0.630. The Morgan fingerprint density at radius 2 is 1.82 bits per heavy atom. The summed E-state index contributed by atoms with van der Waals surface area (Å²) in [5.41, 5.74) is 6.56. The number of aromatic nitrogens is 2. The van der Waals surface area contributed by atoms with Gasteiger partial charge in [0.05, 0.1) is 19.3 Å². The minimum absolute atomic E-state index is 0.00319. The molecule has 44 heavy (non-hydrogen) atoms. The summed E-state index contributed by atoms with van der Waals surface area (Å²) in [4.78, 5) is 53.3. The number of rotatable bonds is 2. The topological polar surface area (TPSA) is 108 Å². The third kappa shape index (κ3) is 5.23. The molecule has 2 aromatic heterocycles. The van der Waals surface area contributed by atoms with Crippen molar-refractivity contribution in [2.45, 2.75) is 65.1 Å². The number of benzene rings is 1. The molecule has 4 aliphatic rings. The molecule has 3 aromatic rings. The molecule has 0 spiro atoms. The first kappa shape index (κ1) is 28.8. The number of pyridine rings is 1. The zero-order valence-electron chi connectivity index (χ0n) is 26.0. The number of nitrogens with one attached hydrogen (secondary N) is 1. The van der Waals surface area contributed by atoms with Crippen molar-refractivity contribution in [2.75, 3.05) is 39.4 Å². The van der Waals surface area contributed by atoms with Crippen LogP contribution < -0.4 is 0 Å². The molecule has 3 aliphatic heterocycles. The number of aromatic amines is 1. The van der Waals surface area contributed by atoms with Crippen molar-refractivity contribution in [3.8, 4) is 11.1 Å². The highest BCUT2D eigenvalue weighted by Crippen LogP contribution is 2.39. The molecular weight excluding hydrogens is 558 g/mol. The summed E-state index contributed by atoms with van der Waals surface area (Å²) in [6, 6.07) is 6.15. The van der Waals surface area contributed by atoms with Crippen molar-refractivity contribution in [2.24, 2.45) is 11.8 Å². The third-order valence-corrected chi connectivity index (χ3v) is 9.65. The van der Waals surface area contributed by atoms with Gasteiger partial charge in [-0.2, -0.15) is 0 Å². The lowest BCUT2D eigenvalue weighted by Crippen LogP contribution is -2.52. The fourth-order valence-electron chi connectivity index (χ4n) is 7.36. The molecule has 232 valence electrons. The molecule has 2 saturated heterocycles. The quantitative estimate of drug-likeness (QED) is 0.432. The Kier molecular flexibility index (Phi) is 7.15. The number of fused-ring (bicyclic) bond motifs is 4. The first-order valence-corrected chi connectivity index (χ1v) is 15.8. The number of morpholine rings is 1. The van der Waals surface area contributed by atoms with Crippen LogP contribution in [0.2, 0.25) is 0 Å². The summed E-state index contributed by atoms with van der Waals surface area (Å²) < 4.78 is 11.8. The first-order chi connectivity index (χ1) is 21.1. The van der Waals surface area contributed by atoms with Crippen molar-refractivity contribution in [1.82, 2.24) is 24.7 Å². The molecule has 3 atom stereocenters. The maximum atomic E-state index is 13.8. The number of hydrogen-bond donors (Lipinski definition) is 1. The monoisotopic (exact) mass is 599 g/mol. The van der Waals surface area contributed by atoms with Gasteiger partial charge in [0.2, 0.25) is 0 Å². The Hall–Kier alpha value is -3.92. The molecule has 3 amide bonds. The van der Waals surface area contributed by atoms with Crippen molar-refractivity contribution >= 4 is 28.9 Å². The van der Waals surface area contributed by atoms with Crippen LogP contribution in [0.25, 0.3) is 22.2 Å². The Bertz CT molecular complexity index is 1620. The molecule has 5 heterocycles. The largest absolute Gasteiger partial charge is 0.444 e. The smallest absolute Gasteiger partial charge is 0.410 e. The van der Waals surface area contributed by atoms with Crippen molar-refractivity contribution < 1.29 is 23.9 Å². The zero-order chi connectivity index (χ0) is 30.7. The predicted octanol–water partition coefficient (Wildman–Crippen LogP) is 5.24. The predicted molar refractivity (Wildman–Crippen MR) is 165 cm³/mol. The maximum Gasteiger partial charge on any atom is 0.410 e. The summed E-state index contributed by atoms with van der Waals surface area (Å²) in [5, 5.41) is 1.07. The van der Waals surface area contributed by atoms with Crippen LogP contribution in [0.5, 0.6) is 0 Å². The standard InChI is InChI=1S/C34H41N5O5/c1-20-14-35-31-26(20)13-25(15-36-31)24-11-21-7-8-37(32(41)38-16-22-5-6-23(17-38)30(22)40)18-28(21)27(12-24)29-19-43-10-9-39(29)33(42)44-34(2,3)4/h11-15,22-23,29H,5-10,16-19H2,1-4H3,(H,35,36)/t22?,23?,29-/m0/s1. The van der Waals surface area contributed by atoms with E-state index in [0.29, 0.717) is 58.1 Å². The fourth-order valence-corrected chi connectivity index (χ4v) is 7.36. The number of aryl methyl sites for hydroxylation is 1. The van der Waals surface area contributed by atoms with Gasteiger partial charge in [-0.15, -0.1) is 0 Å². The molecule has 3 fully saturated rings. The summed E-state index contributed by atoms with van der Waals surface area (Å²) in [6.45, 7) is 10.9. The van der Waals surface area contributed by atoms with E-state index in [9.17, 15) is 14.4 Å². The summed E-state index contributed by atoms with van der Waals surface area (Å²) in [6.07, 6.45) is 5.95. The molecule has 10 nitrogen and oxygen atoms in total. The number of carbonyl (C=O) groups excluding carboxylic acids is 3. The second-order valence-electron chi connectivity index (χ2n) is 13.8. The summed E-state index contributed by atoms with van der Waals surface area (Å²) in [7, 11) is 0. The van der Waals surface area contributed by atoms with Crippen LogP contribution in [0.3, 0.4) is 0 Å². The van der Waals surface area contributed by atoms with Gasteiger partial charge in [0.25, 0.3) is 0 Å². The Labute approximate surface area is 257 Å². The lowest BCUT2D eigenvalue weighted by molar-refractivity contribution is -0.126. The van der Waals surface area contributed by atoms with Gasteiger partial charge in [-0.1, -0.05) is 6.07 Å². The number of likely N-dealkylation sites (tertiary alicyclic amines) is 1. The van der Waals surface area contributed by atoms with E-state index in [-0.39, 0.29) is 30.0 Å². The van der Waals surface area contributed by atoms with Crippen LogP contribution in [0.1, 0.15) is 61.9 Å². The van der Waals surface area contributed by atoms with Gasteiger partial charge in [0, 0.05) is 67.9 Å². The lowest BCUT2D eigenvalue weighted by atomic mass is 9.87. The molecular formula is C34H41N5O5. The number of amides is 3. The van der Waals surface area contributed by atoms with Crippen molar-refractivity contribution in [1.29, 1.82) is 0 Å². The van der Waals surface area contributed by atoms with Gasteiger partial charge in [-0.3, -0.25) is 9.69 Å². The summed E-state index contributed by atoms with van der Waals surface area (Å²) in [5.74, 6) is 0.281. The number of carbonyl (C=O) groups is 3. The van der Waals surface area contributed by atoms with Gasteiger partial charge < -0.3 is 24.3 Å². The Morgan fingerprint density at radius 1 is 1.05 bits per heavy atom. The minimum Gasteiger partial charge on any atom is -0.444 e. The summed E-state index contributed by atoms with van der Waals surface area (Å²) >= 11 is 0. The van der Waals surface area contributed by atoms with E-state index in [2.05, 4.69) is 35.1 Å². The third-order valence-electron chi connectivity index (χ3n) is 9.65. The van der Waals surface area contributed by atoms with E-state index in [1.165, 1.54) is 0 Å². The molecule has 10 heteroatoms. The zero-order valence-corrected chi connectivity index (χ0v) is 26.0. The highest BCUT2D eigenvalue weighted by atomic mass is 16.6. The number of hydrogen-bond acceptors (Lipinski definition) is 6. The lowest BCUT2D eigenvalue weighted by Gasteiger charge is -2.41. The molecule has 1 aromatic carbocycles. The number of H-pyrrole nitrogens is 1. The second-order valence-corrected chi connectivity index (χ2v) is 13.8. The van der Waals surface area contributed by atoms with Crippen molar-refractivity contribution in [3.05, 3.63) is 52.8 Å². The van der Waals surface area contributed by atoms with E-state index in [4.69, 9.17) is 9.47 Å². The highest BCUT2D eigenvalue weighted by molar-refractivity contribution is 5.89. The van der Waals surface area contributed by atoms with Crippen LogP contribution >= 0.6 is 0 Å². The number of urea groups is 1. The SMILES string of the molecule is Cc1c[nH]c2ncc(-c3cc4c(c([C@@H]5COCCN5C(=O)OC(C)(C)C)c3)CN(C(=O)N3CC5CCC(C3)C5=O)CC4)cc12. The first-order valence-electron chi connectivity index (χ1n) is 15.8. The van der Waals surface area contributed by atoms with E-state index in [1.54, 1.807) is 4.90 Å². The van der Waals surface area contributed by atoms with Crippen molar-refractivity contribution in [3.63, 3.8) is 0 Å². The number of ketones is 1. The highest BCUT2D eigenvalue weighted by Gasteiger charge is 2.43. The number of Topliss-reactive ketones (excluding diaryl/α,β-unsaturated/α-hetero) is 1. The van der Waals surface area contributed by atoms with E-state index in [1.807, 2.05) is 43.0 Å². The molecule has 7 rings (SSSR count). The van der Waals surface area contributed by atoms with Gasteiger partial charge in [-0.05, 0) is 86.9 Å². The molecule has 1 aliphatic carbocycles. The molecule has 2 bridgehead atoms. The van der Waals surface area contributed by atoms with Crippen LogP contribution in [0, 0.1) is 18.8 Å². The number of piperidine rings is 1. The van der Waals surface area contributed by atoms with E-state index < -0.39 is 5.60 Å². The number of nitrogens with zero attached hydrogens (tertiary/aromatic N) is 4. The average Bonchev–Trinajstić information content (AvgIpc) is 3.45. The van der Waals surface area contributed by atoms with Gasteiger partial charge >= 0.3 is 12.1 Å². The van der Waals surface area contributed by atoms with Crippen LogP contribution in [0.15, 0.2) is 30.6 Å². The van der Waals surface area contributed by atoms with E-state index >= 15 is 0 Å². The number of ether oxygens (including phenoxy) is 2. The normalized spacial score (nSPS) is 23.7. The molecule has 1 saturated carbocycles. The van der Waals surface area contributed by atoms with Crippen LogP contribution in [-0.4, -0.2) is 87.6 Å². The van der Waals surface area contributed by atoms with Crippen LogP contribution in [-0.2, 0) is 27.2 Å². The van der Waals surface area contributed by atoms with E-state index in [0.717, 1.165) is 57.3 Å². The average molecular weight is 600 g/mol. The molecule has 1 N–H and O–H groups in total. The van der Waals surface area contributed by atoms with Gasteiger partial charge in [0.15, 0.2) is 0 Å². The van der Waals surface area contributed by atoms with Gasteiger partial charge in [0.1, 0.15) is 17.0 Å². The maximum absolute atomic E-state index is 13.8. The van der Waals surface area contributed by atoms with Gasteiger partial charge in [-0.25, -0.2) is 14.6 Å².